The molecule has 0 fully saturated rings. The maximum absolute atomic E-state index is 12.8. The molecule has 0 amide bonds. The van der Waals surface area contributed by atoms with Gasteiger partial charge in [-0.05, 0) is 17.5 Å². The molecule has 2 aromatic carbocycles. The first-order valence-corrected chi connectivity index (χ1v) is 6.61. The minimum Gasteiger partial charge on any atom is -0.183 e. The van der Waals surface area contributed by atoms with Gasteiger partial charge >= 0.3 is 0 Å². The Kier molecular flexibility index (Phi) is 3.41. The minimum absolute atomic E-state index is 0.0252. The van der Waals surface area contributed by atoms with E-state index >= 15 is 0 Å². The van der Waals surface area contributed by atoms with E-state index in [0.717, 1.165) is 0 Å². The summed E-state index contributed by atoms with van der Waals surface area (Å²) in [5.41, 5.74) is 0. The Morgan fingerprint density at radius 2 is 1.12 bits per heavy atom. The Labute approximate surface area is 92.3 Å². The van der Waals surface area contributed by atoms with Gasteiger partial charge in [-0.3, -0.25) is 0 Å². The summed E-state index contributed by atoms with van der Waals surface area (Å²) < 4.78 is 51.1. The molecule has 0 unspecified atom stereocenters. The van der Waals surface area contributed by atoms with E-state index in [-0.39, 0.29) is 16.0 Å². The van der Waals surface area contributed by atoms with E-state index in [4.69, 9.17) is 0 Å². The van der Waals surface area contributed by atoms with E-state index in [1.165, 1.54) is 24.3 Å². The van der Waals surface area contributed by atoms with Crippen LogP contribution in [0.5, 0.6) is 0 Å². The van der Waals surface area contributed by atoms with E-state index in [1.54, 1.807) is 12.1 Å². The second-order valence-electron chi connectivity index (χ2n) is 3.12. The lowest BCUT2D eigenvalue weighted by atomic mass is 10.1. The van der Waals surface area contributed by atoms with Crippen LogP contribution in [0.25, 0.3) is 10.8 Å². The molecule has 0 spiro atoms. The highest BCUT2D eigenvalue weighted by Crippen LogP contribution is 2.43. The number of benzene rings is 2. The normalized spacial score (nSPS) is 11.6. The number of hydrogen-bond donors (Lipinski definition) is 0. The van der Waals surface area contributed by atoms with Crippen LogP contribution in [0, 0.1) is 0 Å². The number of halogens is 4. The smallest absolute Gasteiger partial charge is 0.183 e. The van der Waals surface area contributed by atoms with Crippen LogP contribution in [0.3, 0.4) is 0 Å². The molecule has 16 heavy (non-hydrogen) atoms. The fourth-order valence-electron chi connectivity index (χ4n) is 1.58. The summed E-state index contributed by atoms with van der Waals surface area (Å²) in [7, 11) is -6.72. The van der Waals surface area contributed by atoms with Gasteiger partial charge in [0, 0.05) is 16.0 Å². The van der Waals surface area contributed by atoms with Crippen LogP contribution in [0.2, 0.25) is 0 Å². The molecule has 0 N–H and O–H groups in total. The topological polar surface area (TPSA) is 0 Å². The zero-order chi connectivity index (χ0) is 11.7. The molecule has 0 heterocycles. The van der Waals surface area contributed by atoms with Crippen molar-refractivity contribution >= 4 is 38.5 Å². The largest absolute Gasteiger partial charge is 0.298 e. The molecule has 6 heteroatoms. The fraction of sp³-hybridized carbons (Fsp3) is 0. The first-order valence-electron chi connectivity index (χ1n) is 4.36. The predicted octanol–water partition coefficient (Wildman–Crippen LogP) is 4.59. The van der Waals surface area contributed by atoms with E-state index in [1.807, 2.05) is 0 Å². The first-order chi connectivity index (χ1) is 7.61. The highest BCUT2D eigenvalue weighted by Gasteiger charge is 2.20. The van der Waals surface area contributed by atoms with Crippen molar-refractivity contribution in [3.8, 4) is 0 Å². The lowest BCUT2D eigenvalue weighted by molar-refractivity contribution is 0.764. The summed E-state index contributed by atoms with van der Waals surface area (Å²) in [6.07, 6.45) is 0. The van der Waals surface area contributed by atoms with Crippen LogP contribution in [0.15, 0.2) is 36.4 Å². The monoisotopic (exact) mass is 264 g/mol. The Balaban J connectivity index is 2.82. The zero-order valence-corrected chi connectivity index (χ0v) is 9.66. The SMILES string of the molecule is FP(F)c1cccc2cccc(P(F)F)c12. The van der Waals surface area contributed by atoms with Gasteiger partial charge in [0.1, 0.15) is 0 Å². The van der Waals surface area contributed by atoms with Crippen molar-refractivity contribution in [2.24, 2.45) is 0 Å². The Morgan fingerprint density at radius 1 is 0.688 bits per heavy atom. The second-order valence-corrected chi connectivity index (χ2v) is 5.01. The van der Waals surface area contributed by atoms with Gasteiger partial charge < -0.3 is 0 Å². The van der Waals surface area contributed by atoms with Crippen LogP contribution in [-0.2, 0) is 0 Å². The third-order valence-electron chi connectivity index (χ3n) is 2.22. The van der Waals surface area contributed by atoms with Crippen molar-refractivity contribution in [1.82, 2.24) is 0 Å². The van der Waals surface area contributed by atoms with Crippen LogP contribution in [0.4, 0.5) is 16.8 Å². The molecule has 0 saturated heterocycles. The molecular formula is C10H6F4P2. The molecule has 0 nitrogen and oxygen atoms in total. The van der Waals surface area contributed by atoms with Crippen molar-refractivity contribution in [2.75, 3.05) is 0 Å². The van der Waals surface area contributed by atoms with Gasteiger partial charge in [-0.25, -0.2) is 0 Å². The Bertz CT molecular complexity index is 470. The second kappa shape index (κ2) is 4.65. The summed E-state index contributed by atoms with van der Waals surface area (Å²) in [6, 6.07) is 8.51. The highest BCUT2D eigenvalue weighted by molar-refractivity contribution is 7.58. The van der Waals surface area contributed by atoms with Crippen LogP contribution in [0.1, 0.15) is 0 Å². The molecular weight excluding hydrogens is 258 g/mol. The van der Waals surface area contributed by atoms with E-state index in [9.17, 15) is 16.8 Å². The Hall–Kier alpha value is -0.720. The molecule has 0 atom stereocenters. The van der Waals surface area contributed by atoms with Crippen LogP contribution in [-0.4, -0.2) is 0 Å². The van der Waals surface area contributed by atoms with Gasteiger partial charge in [0.25, 0.3) is 17.1 Å². The average Bonchev–Trinajstić information content (AvgIpc) is 2.27. The zero-order valence-electron chi connectivity index (χ0n) is 7.87. The van der Waals surface area contributed by atoms with E-state index < -0.39 is 17.1 Å². The quantitative estimate of drug-likeness (QED) is 0.549. The van der Waals surface area contributed by atoms with Gasteiger partial charge in [0.2, 0.25) is 0 Å². The molecule has 0 saturated carbocycles. The van der Waals surface area contributed by atoms with Crippen LogP contribution < -0.4 is 10.6 Å². The molecule has 0 aliphatic rings. The van der Waals surface area contributed by atoms with Crippen molar-refractivity contribution in [2.45, 2.75) is 0 Å². The number of fused-ring (bicyclic) bond motifs is 1. The van der Waals surface area contributed by atoms with E-state index in [2.05, 4.69) is 0 Å². The molecule has 0 radical (unpaired) electrons. The lowest BCUT2D eigenvalue weighted by Crippen LogP contribution is -2.08. The third-order valence-corrected chi connectivity index (χ3v) is 3.70. The summed E-state index contributed by atoms with van der Waals surface area (Å²) >= 11 is 0. The number of rotatable bonds is 2. The van der Waals surface area contributed by atoms with Gasteiger partial charge in [-0.1, -0.05) is 24.3 Å². The fourth-order valence-corrected chi connectivity index (χ4v) is 2.91. The molecule has 0 aliphatic carbocycles. The molecule has 0 bridgehead atoms. The molecule has 0 aliphatic heterocycles. The van der Waals surface area contributed by atoms with Crippen LogP contribution >= 0.6 is 17.1 Å². The molecule has 2 rings (SSSR count). The summed E-state index contributed by atoms with van der Waals surface area (Å²) in [4.78, 5) is 0. The minimum atomic E-state index is -3.36. The first kappa shape index (κ1) is 11.8. The van der Waals surface area contributed by atoms with Crippen molar-refractivity contribution < 1.29 is 16.8 Å². The highest BCUT2D eigenvalue weighted by atomic mass is 31.2. The summed E-state index contributed by atoms with van der Waals surface area (Å²) in [5, 5.41) is -0.0466. The van der Waals surface area contributed by atoms with Gasteiger partial charge in [0.15, 0.2) is 0 Å². The van der Waals surface area contributed by atoms with Gasteiger partial charge in [0.05, 0.1) is 0 Å². The number of hydrogen-bond acceptors (Lipinski definition) is 0. The summed E-state index contributed by atoms with van der Waals surface area (Å²) in [6.45, 7) is 0. The standard InChI is InChI=1S/C10H6F4P2/c11-15(12)8-5-1-3-7-4-2-6-9(10(7)8)16(13)14/h1-6H. The average molecular weight is 264 g/mol. The van der Waals surface area contributed by atoms with E-state index in [0.29, 0.717) is 5.39 Å². The third kappa shape index (κ3) is 2.05. The Morgan fingerprint density at radius 3 is 1.50 bits per heavy atom. The maximum atomic E-state index is 12.8. The van der Waals surface area contributed by atoms with Gasteiger partial charge in [-0.2, -0.15) is 16.8 Å². The van der Waals surface area contributed by atoms with Crippen molar-refractivity contribution in [3.63, 3.8) is 0 Å². The summed E-state index contributed by atoms with van der Waals surface area (Å²) in [5.74, 6) is 0. The van der Waals surface area contributed by atoms with Crippen molar-refractivity contribution in [1.29, 1.82) is 0 Å². The molecule has 84 valence electrons. The van der Waals surface area contributed by atoms with Crippen molar-refractivity contribution in [3.05, 3.63) is 36.4 Å². The lowest BCUT2D eigenvalue weighted by Gasteiger charge is -2.08. The molecule has 2 aromatic rings. The maximum Gasteiger partial charge on any atom is 0.298 e. The predicted molar refractivity (Wildman–Crippen MR) is 61.5 cm³/mol. The molecule has 0 aromatic heterocycles. The van der Waals surface area contributed by atoms with Gasteiger partial charge in [-0.15, -0.1) is 0 Å².